The monoisotopic (exact) mass is 728 g/mol. The first-order chi connectivity index (χ1) is 24.6. The van der Waals surface area contributed by atoms with Crippen molar-refractivity contribution in [3.8, 4) is 17.1 Å². The Morgan fingerprint density at radius 1 is 0.804 bits per heavy atom. The van der Waals surface area contributed by atoms with Crippen LogP contribution in [0.4, 0.5) is 0 Å². The van der Waals surface area contributed by atoms with Gasteiger partial charge in [0.25, 0.3) is 5.56 Å². The number of ether oxygens (including phenoxy) is 1. The Bertz CT molecular complexity index is 1730. The van der Waals surface area contributed by atoms with Gasteiger partial charge in [0.2, 0.25) is 10.0 Å². The molecule has 0 spiro atoms. The minimum atomic E-state index is -3.87. The highest BCUT2D eigenvalue weighted by Gasteiger charge is 2.30. The minimum absolute atomic E-state index is 0.00422. The van der Waals surface area contributed by atoms with E-state index in [-0.39, 0.29) is 34.8 Å². The van der Waals surface area contributed by atoms with Gasteiger partial charge >= 0.3 is 5.97 Å². The topological polar surface area (TPSA) is 129 Å². The van der Waals surface area contributed by atoms with Gasteiger partial charge in [0, 0.05) is 39.6 Å². The largest absolute Gasteiger partial charge is 0.493 e. The molecule has 0 atom stereocenters. The molecule has 13 heteroatoms. The van der Waals surface area contributed by atoms with Gasteiger partial charge in [-0.05, 0) is 45.0 Å². The molecule has 0 N–H and O–H groups in total. The van der Waals surface area contributed by atoms with Gasteiger partial charge in [-0.3, -0.25) is 9.48 Å². The average molecular weight is 729 g/mol. The molecule has 0 unspecified atom stereocenters. The number of aryl methyl sites for hydroxylation is 2. The lowest BCUT2D eigenvalue weighted by atomic mass is 10.0. The zero-order chi connectivity index (χ0) is 36.8. The fourth-order valence-corrected chi connectivity index (χ4v) is 8.17. The van der Waals surface area contributed by atoms with Crippen LogP contribution in [0.3, 0.4) is 0 Å². The quantitative estimate of drug-likeness (QED) is 0.106. The van der Waals surface area contributed by atoms with Crippen LogP contribution in [0.5, 0.6) is 5.75 Å². The number of unbranched alkanes of at least 4 members (excludes halogenated alkanes) is 12. The van der Waals surface area contributed by atoms with Crippen LogP contribution in [0.1, 0.15) is 123 Å². The predicted octanol–water partition coefficient (Wildman–Crippen LogP) is 6.52. The van der Waals surface area contributed by atoms with Crippen LogP contribution < -0.4 is 15.1 Å². The molecule has 2 aromatic heterocycles. The molecule has 4 rings (SSSR count). The van der Waals surface area contributed by atoms with E-state index in [0.29, 0.717) is 56.0 Å². The Balaban J connectivity index is 1.55. The maximum atomic E-state index is 13.8. The highest BCUT2D eigenvalue weighted by Crippen LogP contribution is 2.34. The van der Waals surface area contributed by atoms with Gasteiger partial charge in [-0.25, -0.2) is 13.2 Å². The minimum Gasteiger partial charge on any atom is -0.493 e. The van der Waals surface area contributed by atoms with Gasteiger partial charge in [-0.1, -0.05) is 97.3 Å². The van der Waals surface area contributed by atoms with Crippen molar-refractivity contribution in [3.63, 3.8) is 0 Å². The molecule has 3 heterocycles. The van der Waals surface area contributed by atoms with Gasteiger partial charge in [-0.2, -0.15) is 19.1 Å². The molecule has 0 radical (unpaired) electrons. The number of aromatic nitrogens is 4. The van der Waals surface area contributed by atoms with Crippen LogP contribution in [0.25, 0.3) is 22.4 Å². The second-order valence-corrected chi connectivity index (χ2v) is 15.7. The number of carbonyl (C=O) groups is 1. The summed E-state index contributed by atoms with van der Waals surface area (Å²) in [6.45, 7) is 8.33. The van der Waals surface area contributed by atoms with Crippen molar-refractivity contribution in [2.75, 3.05) is 39.8 Å². The Labute approximate surface area is 304 Å². The number of rotatable bonds is 22. The van der Waals surface area contributed by atoms with Gasteiger partial charge in [0.15, 0.2) is 11.3 Å². The van der Waals surface area contributed by atoms with E-state index in [2.05, 4.69) is 21.9 Å². The normalized spacial score (nSPS) is 14.4. The van der Waals surface area contributed by atoms with Gasteiger partial charge < -0.3 is 14.5 Å². The maximum Gasteiger partial charge on any atom is 0.333 e. The summed E-state index contributed by atoms with van der Waals surface area (Å²) in [4.78, 5) is 39.6. The number of nitrogens with zero attached hydrogens (tertiary/aromatic N) is 6. The van der Waals surface area contributed by atoms with Crippen molar-refractivity contribution < 1.29 is 22.8 Å². The molecule has 3 aromatic rings. The van der Waals surface area contributed by atoms with Crippen molar-refractivity contribution in [3.05, 3.63) is 34.2 Å². The molecule has 0 amide bonds. The molecule has 284 valence electrons. The summed E-state index contributed by atoms with van der Waals surface area (Å²) in [6.07, 6.45) is 17.1. The first-order valence-electron chi connectivity index (χ1n) is 19.3. The number of likely N-dealkylation sites (N-methyl/N-ethyl adjacent to an activating group) is 1. The summed E-state index contributed by atoms with van der Waals surface area (Å²) in [5.41, 5.74) is 0.823. The van der Waals surface area contributed by atoms with Gasteiger partial charge in [0.1, 0.15) is 11.3 Å². The first kappa shape index (κ1) is 40.5. The average Bonchev–Trinajstić information content (AvgIpc) is 3.44. The lowest BCUT2D eigenvalue weighted by Crippen LogP contribution is -2.47. The highest BCUT2D eigenvalue weighted by atomic mass is 32.2. The molecule has 51 heavy (non-hydrogen) atoms. The SMILES string of the molecule is CCCCCCCCCCCCCCCC(=O)On1c(-c2cc(S(=O)(=O)N3CCN(C)CC3)ccc2OCC)nc(=O)c2c1c(CCC)nn2C. The van der Waals surface area contributed by atoms with Crippen molar-refractivity contribution in [1.29, 1.82) is 0 Å². The number of sulfonamides is 1. The Hall–Kier alpha value is -3.29. The van der Waals surface area contributed by atoms with E-state index in [1.807, 2.05) is 20.9 Å². The van der Waals surface area contributed by atoms with Crippen molar-refractivity contribution in [2.45, 2.75) is 128 Å². The van der Waals surface area contributed by atoms with Gasteiger partial charge in [-0.15, -0.1) is 0 Å². The van der Waals surface area contributed by atoms with E-state index in [1.165, 1.54) is 83.6 Å². The summed E-state index contributed by atoms with van der Waals surface area (Å²) in [7, 11) is -0.239. The molecular weight excluding hydrogens is 669 g/mol. The number of hydrogen-bond acceptors (Lipinski definition) is 9. The smallest absolute Gasteiger partial charge is 0.333 e. The fraction of sp³-hybridized carbons (Fsp3) is 0.684. The van der Waals surface area contributed by atoms with E-state index in [4.69, 9.17) is 9.57 Å². The molecule has 1 aliphatic heterocycles. The molecule has 1 fully saturated rings. The summed E-state index contributed by atoms with van der Waals surface area (Å²) >= 11 is 0. The molecule has 0 bridgehead atoms. The van der Waals surface area contributed by atoms with Crippen LogP contribution in [-0.2, 0) is 28.3 Å². The van der Waals surface area contributed by atoms with Crippen molar-refractivity contribution in [1.82, 2.24) is 28.7 Å². The van der Waals surface area contributed by atoms with Crippen molar-refractivity contribution >= 4 is 27.0 Å². The summed E-state index contributed by atoms with van der Waals surface area (Å²) in [5.74, 6) is -0.143. The Morgan fingerprint density at radius 3 is 2.00 bits per heavy atom. The molecule has 12 nitrogen and oxygen atoms in total. The number of benzene rings is 1. The third kappa shape index (κ3) is 10.9. The molecule has 1 saturated heterocycles. The number of carbonyl (C=O) groups excluding carboxylic acids is 1. The van der Waals surface area contributed by atoms with E-state index < -0.39 is 21.6 Å². The zero-order valence-electron chi connectivity index (χ0n) is 31.6. The first-order valence-corrected chi connectivity index (χ1v) is 20.7. The number of hydrogen-bond donors (Lipinski definition) is 0. The molecule has 1 aromatic carbocycles. The van der Waals surface area contributed by atoms with Crippen LogP contribution in [0, 0.1) is 0 Å². The predicted molar refractivity (Wildman–Crippen MR) is 202 cm³/mol. The van der Waals surface area contributed by atoms with E-state index in [9.17, 15) is 18.0 Å². The lowest BCUT2D eigenvalue weighted by molar-refractivity contribution is -0.143. The standard InChI is InChI=1S/C38H60N6O6S/c1-6-9-10-11-12-13-14-15-16-17-18-19-20-22-34(45)50-44-35-32(21-7-2)40-42(5)36(35)38(46)39-37(44)31-29-30(23-24-33(31)49-8-3)51(47,48)43-27-25-41(4)26-28-43/h23-24,29H,6-22,25-28H2,1-5H3. The summed E-state index contributed by atoms with van der Waals surface area (Å²) < 4.78 is 37.8. The Morgan fingerprint density at radius 2 is 1.41 bits per heavy atom. The van der Waals surface area contributed by atoms with E-state index in [0.717, 1.165) is 25.7 Å². The Kier molecular flexibility index (Phi) is 15.9. The van der Waals surface area contributed by atoms with Crippen LogP contribution in [0.15, 0.2) is 27.9 Å². The molecule has 1 aliphatic rings. The maximum absolute atomic E-state index is 13.8. The lowest BCUT2D eigenvalue weighted by Gasteiger charge is -2.31. The zero-order valence-corrected chi connectivity index (χ0v) is 32.4. The van der Waals surface area contributed by atoms with Crippen LogP contribution in [-0.4, -0.2) is 82.9 Å². The summed E-state index contributed by atoms with van der Waals surface area (Å²) in [6, 6.07) is 4.56. The number of fused-ring (bicyclic) bond motifs is 1. The second-order valence-electron chi connectivity index (χ2n) is 13.8. The summed E-state index contributed by atoms with van der Waals surface area (Å²) in [5, 5.41) is 4.59. The molecular formula is C38H60N6O6S. The van der Waals surface area contributed by atoms with E-state index >= 15 is 0 Å². The van der Waals surface area contributed by atoms with Crippen LogP contribution in [0.2, 0.25) is 0 Å². The molecule has 0 saturated carbocycles. The van der Waals surface area contributed by atoms with Crippen LogP contribution >= 0.6 is 0 Å². The third-order valence-electron chi connectivity index (χ3n) is 9.65. The third-order valence-corrected chi connectivity index (χ3v) is 11.5. The van der Waals surface area contributed by atoms with Gasteiger partial charge in [0.05, 0.1) is 22.8 Å². The second kappa shape index (κ2) is 20.1. The highest BCUT2D eigenvalue weighted by molar-refractivity contribution is 7.89. The number of piperazine rings is 1. The van der Waals surface area contributed by atoms with Crippen molar-refractivity contribution in [2.24, 2.45) is 7.05 Å². The molecule has 0 aliphatic carbocycles. The van der Waals surface area contributed by atoms with E-state index in [1.54, 1.807) is 13.1 Å². The fourth-order valence-electron chi connectivity index (χ4n) is 6.72.